The lowest BCUT2D eigenvalue weighted by atomic mass is 10.2. The second kappa shape index (κ2) is 8.60. The first kappa shape index (κ1) is 16.5. The molecule has 0 aromatic heterocycles. The van der Waals surface area contributed by atoms with E-state index in [0.29, 0.717) is 23.6 Å². The van der Waals surface area contributed by atoms with Crippen molar-refractivity contribution in [1.29, 1.82) is 0 Å². The summed E-state index contributed by atoms with van der Waals surface area (Å²) in [5.74, 6) is 1.04. The van der Waals surface area contributed by atoms with E-state index in [0.717, 1.165) is 6.54 Å². The first-order chi connectivity index (χ1) is 8.22. The molecule has 0 aliphatic heterocycles. The predicted molar refractivity (Wildman–Crippen MR) is 73.1 cm³/mol. The Morgan fingerprint density at radius 2 is 1.83 bits per heavy atom. The first-order valence-electron chi connectivity index (χ1n) is 5.37. The van der Waals surface area contributed by atoms with Gasteiger partial charge in [-0.2, -0.15) is 0 Å². The van der Waals surface area contributed by atoms with Gasteiger partial charge in [-0.05, 0) is 25.2 Å². The molecule has 1 aromatic rings. The smallest absolute Gasteiger partial charge is 0.251 e. The normalized spacial score (nSPS) is 9.28. The molecule has 102 valence electrons. The number of nitrogens with one attached hydrogen (secondary N) is 2. The number of hydrogen-bond acceptors (Lipinski definition) is 4. The van der Waals surface area contributed by atoms with E-state index in [1.807, 2.05) is 7.05 Å². The molecule has 1 amide bonds. The topological polar surface area (TPSA) is 59.6 Å². The molecule has 0 atom stereocenters. The minimum atomic E-state index is -0.124. The minimum absolute atomic E-state index is 0. The lowest BCUT2D eigenvalue weighted by Crippen LogP contribution is -2.30. The van der Waals surface area contributed by atoms with Gasteiger partial charge in [-0.25, -0.2) is 0 Å². The third kappa shape index (κ3) is 4.43. The molecular formula is C12H19ClN2O3. The summed E-state index contributed by atoms with van der Waals surface area (Å²) in [6.07, 6.45) is 0. The van der Waals surface area contributed by atoms with Crippen molar-refractivity contribution < 1.29 is 14.3 Å². The van der Waals surface area contributed by atoms with E-state index in [1.54, 1.807) is 32.4 Å². The van der Waals surface area contributed by atoms with Gasteiger partial charge in [-0.3, -0.25) is 4.79 Å². The molecule has 0 spiro atoms. The van der Waals surface area contributed by atoms with Crippen LogP contribution in [0.3, 0.4) is 0 Å². The van der Waals surface area contributed by atoms with Gasteiger partial charge in [0.1, 0.15) is 0 Å². The van der Waals surface area contributed by atoms with Crippen LogP contribution in [0.15, 0.2) is 18.2 Å². The van der Waals surface area contributed by atoms with Crippen LogP contribution in [0, 0.1) is 0 Å². The Morgan fingerprint density at radius 3 is 2.39 bits per heavy atom. The standard InChI is InChI=1S/C12H18N2O3.ClH/c1-13-6-7-14-12(15)9-4-5-10(16-2)11(8-9)17-3;/h4-5,8,13H,6-7H2,1-3H3,(H,14,15);1H. The zero-order valence-electron chi connectivity index (χ0n) is 10.8. The Kier molecular flexibility index (Phi) is 7.91. The van der Waals surface area contributed by atoms with Crippen molar-refractivity contribution in [2.45, 2.75) is 0 Å². The van der Waals surface area contributed by atoms with Gasteiger partial charge in [0, 0.05) is 18.7 Å². The van der Waals surface area contributed by atoms with E-state index < -0.39 is 0 Å². The number of amides is 1. The Hall–Kier alpha value is -1.46. The summed E-state index contributed by atoms with van der Waals surface area (Å²) in [5.41, 5.74) is 0.554. The molecule has 0 aliphatic carbocycles. The van der Waals surface area contributed by atoms with E-state index in [9.17, 15) is 4.79 Å². The van der Waals surface area contributed by atoms with Gasteiger partial charge in [0.2, 0.25) is 0 Å². The van der Waals surface area contributed by atoms with Gasteiger partial charge in [0.05, 0.1) is 14.2 Å². The summed E-state index contributed by atoms with van der Waals surface area (Å²) in [5, 5.41) is 5.75. The molecule has 1 rings (SSSR count). The highest BCUT2D eigenvalue weighted by Gasteiger charge is 2.09. The van der Waals surface area contributed by atoms with Gasteiger partial charge in [-0.1, -0.05) is 0 Å². The minimum Gasteiger partial charge on any atom is -0.493 e. The number of rotatable bonds is 6. The monoisotopic (exact) mass is 274 g/mol. The molecule has 18 heavy (non-hydrogen) atoms. The number of methoxy groups -OCH3 is 2. The fourth-order valence-corrected chi connectivity index (χ4v) is 1.38. The lowest BCUT2D eigenvalue weighted by molar-refractivity contribution is 0.0953. The fourth-order valence-electron chi connectivity index (χ4n) is 1.38. The Morgan fingerprint density at radius 1 is 1.17 bits per heavy atom. The number of halogens is 1. The second-order valence-electron chi connectivity index (χ2n) is 3.43. The van der Waals surface area contributed by atoms with Crippen LogP contribution in [0.1, 0.15) is 10.4 Å². The molecule has 0 unspecified atom stereocenters. The average Bonchev–Trinajstić information content (AvgIpc) is 2.38. The van der Waals surface area contributed by atoms with Crippen molar-refractivity contribution >= 4 is 18.3 Å². The average molecular weight is 275 g/mol. The summed E-state index contributed by atoms with van der Waals surface area (Å²) >= 11 is 0. The van der Waals surface area contributed by atoms with Crippen LogP contribution in [-0.4, -0.2) is 40.3 Å². The summed E-state index contributed by atoms with van der Waals surface area (Å²) in [4.78, 5) is 11.8. The van der Waals surface area contributed by atoms with E-state index in [2.05, 4.69) is 10.6 Å². The van der Waals surface area contributed by atoms with Crippen LogP contribution in [0.5, 0.6) is 11.5 Å². The molecular weight excluding hydrogens is 256 g/mol. The largest absolute Gasteiger partial charge is 0.493 e. The molecule has 0 fully saturated rings. The molecule has 1 aromatic carbocycles. The molecule has 0 bridgehead atoms. The second-order valence-corrected chi connectivity index (χ2v) is 3.43. The van der Waals surface area contributed by atoms with Crippen LogP contribution in [0.4, 0.5) is 0 Å². The maximum atomic E-state index is 11.8. The van der Waals surface area contributed by atoms with Crippen LogP contribution in [-0.2, 0) is 0 Å². The summed E-state index contributed by atoms with van der Waals surface area (Å²) in [7, 11) is 4.94. The molecule has 0 radical (unpaired) electrons. The Labute approximate surface area is 113 Å². The Bertz CT molecular complexity index is 386. The summed E-state index contributed by atoms with van der Waals surface area (Å²) in [6, 6.07) is 5.08. The third-order valence-electron chi connectivity index (χ3n) is 2.31. The first-order valence-corrected chi connectivity index (χ1v) is 5.37. The number of benzene rings is 1. The highest BCUT2D eigenvalue weighted by molar-refractivity contribution is 5.94. The van der Waals surface area contributed by atoms with E-state index >= 15 is 0 Å². The van der Waals surface area contributed by atoms with Crippen molar-refractivity contribution in [3.8, 4) is 11.5 Å². The SMILES string of the molecule is CNCCNC(=O)c1ccc(OC)c(OC)c1.Cl. The number of hydrogen-bond donors (Lipinski definition) is 2. The number of carbonyl (C=O) groups excluding carboxylic acids is 1. The van der Waals surface area contributed by atoms with Crippen LogP contribution in [0.2, 0.25) is 0 Å². The van der Waals surface area contributed by atoms with Gasteiger partial charge in [0.15, 0.2) is 11.5 Å². The Balaban J connectivity index is 0.00000289. The number of ether oxygens (including phenoxy) is 2. The summed E-state index contributed by atoms with van der Waals surface area (Å²) < 4.78 is 10.2. The zero-order valence-corrected chi connectivity index (χ0v) is 11.6. The fraction of sp³-hybridized carbons (Fsp3) is 0.417. The maximum Gasteiger partial charge on any atom is 0.251 e. The van der Waals surface area contributed by atoms with Crippen LogP contribution in [0.25, 0.3) is 0 Å². The van der Waals surface area contributed by atoms with Crippen molar-refractivity contribution in [2.75, 3.05) is 34.4 Å². The highest BCUT2D eigenvalue weighted by Crippen LogP contribution is 2.27. The summed E-state index contributed by atoms with van der Waals surface area (Å²) in [6.45, 7) is 1.32. The molecule has 2 N–H and O–H groups in total. The van der Waals surface area contributed by atoms with Crippen molar-refractivity contribution in [1.82, 2.24) is 10.6 Å². The van der Waals surface area contributed by atoms with Crippen LogP contribution >= 0.6 is 12.4 Å². The molecule has 6 heteroatoms. The van der Waals surface area contributed by atoms with E-state index in [-0.39, 0.29) is 18.3 Å². The van der Waals surface area contributed by atoms with Gasteiger partial charge in [-0.15, -0.1) is 12.4 Å². The third-order valence-corrected chi connectivity index (χ3v) is 2.31. The lowest BCUT2D eigenvalue weighted by Gasteiger charge is -2.09. The maximum absolute atomic E-state index is 11.8. The quantitative estimate of drug-likeness (QED) is 0.762. The molecule has 5 nitrogen and oxygen atoms in total. The zero-order chi connectivity index (χ0) is 12.7. The number of carbonyl (C=O) groups is 1. The molecule has 0 aliphatic rings. The van der Waals surface area contributed by atoms with E-state index in [1.165, 1.54) is 0 Å². The van der Waals surface area contributed by atoms with Crippen LogP contribution < -0.4 is 20.1 Å². The highest BCUT2D eigenvalue weighted by atomic mass is 35.5. The van der Waals surface area contributed by atoms with Gasteiger partial charge < -0.3 is 20.1 Å². The molecule has 0 saturated heterocycles. The van der Waals surface area contributed by atoms with E-state index in [4.69, 9.17) is 9.47 Å². The molecule has 0 heterocycles. The van der Waals surface area contributed by atoms with Crippen molar-refractivity contribution in [3.63, 3.8) is 0 Å². The predicted octanol–water partition coefficient (Wildman–Crippen LogP) is 1.07. The van der Waals surface area contributed by atoms with Gasteiger partial charge in [0.25, 0.3) is 5.91 Å². The number of likely N-dealkylation sites (N-methyl/N-ethyl adjacent to an activating group) is 1. The van der Waals surface area contributed by atoms with Crippen molar-refractivity contribution in [3.05, 3.63) is 23.8 Å². The molecule has 0 saturated carbocycles. The van der Waals surface area contributed by atoms with Crippen molar-refractivity contribution in [2.24, 2.45) is 0 Å². The van der Waals surface area contributed by atoms with Gasteiger partial charge >= 0.3 is 0 Å².